The average Bonchev–Trinajstić information content (AvgIpc) is 3.12. The number of hydrogen-bond acceptors (Lipinski definition) is 6. The van der Waals surface area contributed by atoms with Gasteiger partial charge in [0.05, 0.1) is 19.7 Å². The van der Waals surface area contributed by atoms with Gasteiger partial charge in [0.15, 0.2) is 0 Å². The van der Waals surface area contributed by atoms with Gasteiger partial charge in [0.25, 0.3) is 0 Å². The van der Waals surface area contributed by atoms with Crippen molar-refractivity contribution in [1.82, 2.24) is 14.9 Å². The summed E-state index contributed by atoms with van der Waals surface area (Å²) in [6.07, 6.45) is 8.42. The number of hydrogen-bond donors (Lipinski definition) is 0. The number of likely N-dealkylation sites (tertiary alicyclic amines) is 1. The maximum absolute atomic E-state index is 12.3. The molecule has 2 aliphatic heterocycles. The largest absolute Gasteiger partial charge is 0.460 e. The molecular formula is C18H19N3O3S. The summed E-state index contributed by atoms with van der Waals surface area (Å²) >= 11 is 1.61. The number of carbonyl (C=O) groups excluding carboxylic acids is 1. The Morgan fingerprint density at radius 1 is 1.36 bits per heavy atom. The Balaban J connectivity index is 1.31. The van der Waals surface area contributed by atoms with E-state index < -0.39 is 0 Å². The van der Waals surface area contributed by atoms with Gasteiger partial charge in [0.1, 0.15) is 11.7 Å². The van der Waals surface area contributed by atoms with Crippen molar-refractivity contribution in [1.29, 1.82) is 0 Å². The van der Waals surface area contributed by atoms with E-state index in [0.29, 0.717) is 25.7 Å². The zero-order valence-electron chi connectivity index (χ0n) is 13.7. The summed E-state index contributed by atoms with van der Waals surface area (Å²) in [4.78, 5) is 23.4. The molecule has 2 aliphatic rings. The van der Waals surface area contributed by atoms with Gasteiger partial charge >= 0.3 is 6.01 Å². The highest BCUT2D eigenvalue weighted by Gasteiger charge is 2.49. The lowest BCUT2D eigenvalue weighted by Gasteiger charge is -2.52. The fourth-order valence-corrected chi connectivity index (χ4v) is 3.87. The predicted octanol–water partition coefficient (Wildman–Crippen LogP) is 2.39. The molecule has 0 aliphatic carbocycles. The molecule has 25 heavy (non-hydrogen) atoms. The van der Waals surface area contributed by atoms with Crippen LogP contribution in [-0.2, 0) is 9.53 Å². The molecule has 1 spiro atoms. The lowest BCUT2D eigenvalue weighted by Crippen LogP contribution is -2.67. The fraction of sp³-hybridized carbons (Fsp3) is 0.389. The number of carbonyl (C=O) groups is 1. The van der Waals surface area contributed by atoms with Crippen LogP contribution in [0.25, 0.3) is 6.08 Å². The molecule has 4 rings (SSSR count). The molecule has 1 amide bonds. The third kappa shape index (κ3) is 3.72. The monoisotopic (exact) mass is 357 g/mol. The van der Waals surface area contributed by atoms with E-state index >= 15 is 0 Å². The van der Waals surface area contributed by atoms with Crippen LogP contribution in [0.1, 0.15) is 17.7 Å². The van der Waals surface area contributed by atoms with Gasteiger partial charge in [-0.15, -0.1) is 11.3 Å². The first-order valence-corrected chi connectivity index (χ1v) is 9.19. The molecule has 0 bridgehead atoms. The molecule has 0 saturated carbocycles. The zero-order chi connectivity index (χ0) is 17.1. The molecule has 2 aromatic rings. The second-order valence-electron chi connectivity index (χ2n) is 6.34. The summed E-state index contributed by atoms with van der Waals surface area (Å²) in [6.45, 7) is 1.84. The van der Waals surface area contributed by atoms with Crippen molar-refractivity contribution in [2.45, 2.75) is 24.5 Å². The van der Waals surface area contributed by atoms with E-state index in [2.05, 4.69) is 9.97 Å². The SMILES string of the molecule is O=C(/C=C/c1cccs1)N1CC2(CC(Oc3ncccn3)CCO2)C1. The highest BCUT2D eigenvalue weighted by molar-refractivity contribution is 7.10. The van der Waals surface area contributed by atoms with E-state index in [1.54, 1.807) is 35.9 Å². The van der Waals surface area contributed by atoms with E-state index in [0.717, 1.165) is 17.7 Å². The Bertz CT molecular complexity index is 742. The van der Waals surface area contributed by atoms with Gasteiger partial charge in [-0.3, -0.25) is 4.79 Å². The van der Waals surface area contributed by atoms with Gasteiger partial charge < -0.3 is 14.4 Å². The van der Waals surface area contributed by atoms with Crippen LogP contribution in [0.5, 0.6) is 6.01 Å². The van der Waals surface area contributed by atoms with E-state index in [4.69, 9.17) is 9.47 Å². The lowest BCUT2D eigenvalue weighted by molar-refractivity contribution is -0.190. The van der Waals surface area contributed by atoms with Gasteiger partial charge in [-0.1, -0.05) is 6.07 Å². The van der Waals surface area contributed by atoms with Crippen LogP contribution < -0.4 is 4.74 Å². The summed E-state index contributed by atoms with van der Waals surface area (Å²) in [7, 11) is 0. The van der Waals surface area contributed by atoms with Crippen LogP contribution in [0.4, 0.5) is 0 Å². The summed E-state index contributed by atoms with van der Waals surface area (Å²) in [5.41, 5.74) is -0.288. The minimum absolute atomic E-state index is 0.0232. The third-order valence-corrected chi connectivity index (χ3v) is 5.30. The van der Waals surface area contributed by atoms with Crippen molar-refractivity contribution in [3.8, 4) is 6.01 Å². The van der Waals surface area contributed by atoms with Gasteiger partial charge in [-0.05, 0) is 23.6 Å². The van der Waals surface area contributed by atoms with Crippen molar-refractivity contribution in [2.75, 3.05) is 19.7 Å². The number of thiophene rings is 1. The lowest BCUT2D eigenvalue weighted by atomic mass is 9.84. The second-order valence-corrected chi connectivity index (χ2v) is 7.32. The highest BCUT2D eigenvalue weighted by Crippen LogP contribution is 2.35. The zero-order valence-corrected chi connectivity index (χ0v) is 14.5. The van der Waals surface area contributed by atoms with E-state index in [1.165, 1.54) is 0 Å². The summed E-state index contributed by atoms with van der Waals surface area (Å²) in [5, 5.41) is 2.00. The number of rotatable bonds is 4. The first-order valence-electron chi connectivity index (χ1n) is 8.31. The van der Waals surface area contributed by atoms with Crippen LogP contribution in [0, 0.1) is 0 Å². The molecule has 6 nitrogen and oxygen atoms in total. The molecule has 4 heterocycles. The minimum atomic E-state index is -0.288. The maximum atomic E-state index is 12.3. The molecule has 1 atom stereocenters. The Hall–Kier alpha value is -2.25. The first kappa shape index (κ1) is 16.2. The number of ether oxygens (including phenoxy) is 2. The standard InChI is InChI=1S/C18H19N3O3S/c22-16(5-4-15-3-1-10-25-15)21-12-18(13-21)11-14(6-9-23-18)24-17-19-7-2-8-20-17/h1-5,7-8,10,14H,6,9,11-13H2/b5-4+. The van der Waals surface area contributed by atoms with E-state index in [9.17, 15) is 4.79 Å². The van der Waals surface area contributed by atoms with Crippen molar-refractivity contribution in [2.24, 2.45) is 0 Å². The Labute approximate surface area is 150 Å². The molecular weight excluding hydrogens is 338 g/mol. The van der Waals surface area contributed by atoms with Gasteiger partial charge in [-0.2, -0.15) is 0 Å². The molecule has 2 saturated heterocycles. The molecule has 7 heteroatoms. The molecule has 1 unspecified atom stereocenters. The molecule has 0 N–H and O–H groups in total. The van der Waals surface area contributed by atoms with Crippen molar-refractivity contribution in [3.05, 3.63) is 46.9 Å². The highest BCUT2D eigenvalue weighted by atomic mass is 32.1. The smallest absolute Gasteiger partial charge is 0.316 e. The molecule has 2 fully saturated rings. The van der Waals surface area contributed by atoms with Crippen molar-refractivity contribution >= 4 is 23.3 Å². The topological polar surface area (TPSA) is 64.6 Å². The van der Waals surface area contributed by atoms with Crippen molar-refractivity contribution < 1.29 is 14.3 Å². The predicted molar refractivity (Wildman–Crippen MR) is 94.3 cm³/mol. The summed E-state index contributed by atoms with van der Waals surface area (Å²) < 4.78 is 11.8. The van der Waals surface area contributed by atoms with Crippen LogP contribution in [0.15, 0.2) is 42.0 Å². The second kappa shape index (κ2) is 6.93. The van der Waals surface area contributed by atoms with E-state index in [1.807, 2.05) is 28.5 Å². The summed E-state index contributed by atoms with van der Waals surface area (Å²) in [5.74, 6) is 0.0251. The Morgan fingerprint density at radius 3 is 2.96 bits per heavy atom. The molecule has 2 aromatic heterocycles. The third-order valence-electron chi connectivity index (χ3n) is 4.46. The van der Waals surface area contributed by atoms with Crippen LogP contribution in [-0.4, -0.2) is 52.2 Å². The molecule has 130 valence electrons. The van der Waals surface area contributed by atoms with Crippen LogP contribution >= 0.6 is 11.3 Å². The Morgan fingerprint density at radius 2 is 2.20 bits per heavy atom. The quantitative estimate of drug-likeness (QED) is 0.786. The number of nitrogens with zero attached hydrogens (tertiary/aromatic N) is 3. The van der Waals surface area contributed by atoms with Crippen LogP contribution in [0.3, 0.4) is 0 Å². The first-order chi connectivity index (χ1) is 12.2. The number of aromatic nitrogens is 2. The maximum Gasteiger partial charge on any atom is 0.316 e. The average molecular weight is 357 g/mol. The van der Waals surface area contributed by atoms with Gasteiger partial charge in [-0.25, -0.2) is 9.97 Å². The normalized spacial score (nSPS) is 22.1. The van der Waals surface area contributed by atoms with Crippen molar-refractivity contribution in [3.63, 3.8) is 0 Å². The van der Waals surface area contributed by atoms with Gasteiger partial charge in [0.2, 0.25) is 5.91 Å². The van der Waals surface area contributed by atoms with E-state index in [-0.39, 0.29) is 17.6 Å². The number of amides is 1. The molecule has 0 radical (unpaired) electrons. The van der Waals surface area contributed by atoms with Gasteiger partial charge in [0, 0.05) is 36.2 Å². The minimum Gasteiger partial charge on any atom is -0.460 e. The Kier molecular flexibility index (Phi) is 4.50. The summed E-state index contributed by atoms with van der Waals surface area (Å²) in [6, 6.07) is 6.12. The van der Waals surface area contributed by atoms with Crippen LogP contribution in [0.2, 0.25) is 0 Å². The fourth-order valence-electron chi connectivity index (χ4n) is 3.25. The molecule has 0 aromatic carbocycles.